The lowest BCUT2D eigenvalue weighted by molar-refractivity contribution is 0.0560. The molecule has 0 bridgehead atoms. The highest BCUT2D eigenvalue weighted by molar-refractivity contribution is 5.21. The van der Waals surface area contributed by atoms with Crippen LogP contribution in [0.3, 0.4) is 0 Å². The van der Waals surface area contributed by atoms with Crippen LogP contribution < -0.4 is 10.5 Å². The van der Waals surface area contributed by atoms with E-state index in [9.17, 15) is 0 Å². The summed E-state index contributed by atoms with van der Waals surface area (Å²) in [6.45, 7) is 9.06. The van der Waals surface area contributed by atoms with E-state index in [1.165, 1.54) is 6.42 Å². The van der Waals surface area contributed by atoms with Gasteiger partial charge in [0.2, 0.25) is 0 Å². The number of nitrogens with two attached hydrogens (primary N) is 1. The number of aromatic nitrogens is 1. The molecule has 1 aromatic rings. The van der Waals surface area contributed by atoms with E-state index < -0.39 is 0 Å². The molecule has 3 atom stereocenters. The third kappa shape index (κ3) is 3.95. The Morgan fingerprint density at radius 3 is 2.70 bits per heavy atom. The molecule has 0 spiro atoms. The fraction of sp³-hybridized carbons (Fsp3) is 0.706. The van der Waals surface area contributed by atoms with E-state index in [0.717, 1.165) is 36.6 Å². The van der Waals surface area contributed by atoms with E-state index in [0.29, 0.717) is 11.5 Å². The van der Waals surface area contributed by atoms with Crippen LogP contribution in [-0.2, 0) is 0 Å². The molecular weight excluding hydrogens is 248 g/mol. The predicted octanol–water partition coefficient (Wildman–Crippen LogP) is 4.09. The van der Waals surface area contributed by atoms with Crippen LogP contribution >= 0.6 is 0 Å². The third-order valence-electron chi connectivity index (χ3n) is 4.23. The summed E-state index contributed by atoms with van der Waals surface area (Å²) in [6.07, 6.45) is 6.57. The average Bonchev–Trinajstić information content (AvgIpc) is 2.36. The van der Waals surface area contributed by atoms with Crippen molar-refractivity contribution >= 4 is 0 Å². The maximum atomic E-state index is 6.13. The van der Waals surface area contributed by atoms with Crippen LogP contribution in [-0.4, -0.2) is 11.1 Å². The van der Waals surface area contributed by atoms with Crippen molar-refractivity contribution in [3.63, 3.8) is 0 Å². The molecule has 0 amide bonds. The zero-order valence-corrected chi connectivity index (χ0v) is 13.2. The molecule has 3 unspecified atom stereocenters. The largest absolute Gasteiger partial charge is 0.489 e. The molecule has 0 aromatic carbocycles. The number of hydrogen-bond donors (Lipinski definition) is 1. The van der Waals surface area contributed by atoms with E-state index in [-0.39, 0.29) is 6.04 Å². The number of nitrogens with zero attached hydrogens (tertiary/aromatic N) is 1. The van der Waals surface area contributed by atoms with E-state index in [1.807, 2.05) is 18.3 Å². The van der Waals surface area contributed by atoms with Gasteiger partial charge in [-0.25, -0.2) is 0 Å². The molecule has 20 heavy (non-hydrogen) atoms. The minimum atomic E-state index is 0.0256. The molecule has 1 aromatic heterocycles. The minimum Gasteiger partial charge on any atom is -0.489 e. The molecular formula is C17H28N2O. The molecule has 1 aliphatic carbocycles. The SMILES string of the molecule is CCC(N)c1ccc(OC2CC(C)CC(C)(C)C2)cn1. The molecule has 0 saturated heterocycles. The Hall–Kier alpha value is -1.09. The fourth-order valence-electron chi connectivity index (χ4n) is 3.43. The zero-order valence-electron chi connectivity index (χ0n) is 13.2. The Morgan fingerprint density at radius 1 is 1.40 bits per heavy atom. The molecule has 1 heterocycles. The van der Waals surface area contributed by atoms with Crippen molar-refractivity contribution in [3.05, 3.63) is 24.0 Å². The van der Waals surface area contributed by atoms with Crippen molar-refractivity contribution in [2.75, 3.05) is 0 Å². The molecule has 0 radical (unpaired) electrons. The number of hydrogen-bond acceptors (Lipinski definition) is 3. The van der Waals surface area contributed by atoms with Crippen LogP contribution in [0.1, 0.15) is 65.1 Å². The highest BCUT2D eigenvalue weighted by Gasteiger charge is 2.33. The van der Waals surface area contributed by atoms with Crippen molar-refractivity contribution in [2.45, 2.75) is 65.5 Å². The minimum absolute atomic E-state index is 0.0256. The first kappa shape index (κ1) is 15.3. The Kier molecular flexibility index (Phi) is 4.69. The highest BCUT2D eigenvalue weighted by atomic mass is 16.5. The maximum Gasteiger partial charge on any atom is 0.138 e. The van der Waals surface area contributed by atoms with Gasteiger partial charge in [0.1, 0.15) is 5.75 Å². The second-order valence-corrected chi connectivity index (χ2v) is 7.09. The highest BCUT2D eigenvalue weighted by Crippen LogP contribution is 2.39. The molecule has 1 fully saturated rings. The van der Waals surface area contributed by atoms with Gasteiger partial charge >= 0.3 is 0 Å². The van der Waals surface area contributed by atoms with Gasteiger partial charge in [0.05, 0.1) is 18.0 Å². The van der Waals surface area contributed by atoms with Crippen LogP contribution in [0.5, 0.6) is 5.75 Å². The number of ether oxygens (including phenoxy) is 1. The summed E-state index contributed by atoms with van der Waals surface area (Å²) in [5, 5.41) is 0. The molecule has 3 heteroatoms. The second-order valence-electron chi connectivity index (χ2n) is 7.09. The summed E-state index contributed by atoms with van der Waals surface area (Å²) in [6, 6.07) is 4.02. The first-order chi connectivity index (χ1) is 9.39. The Bertz CT molecular complexity index is 427. The number of pyridine rings is 1. The number of rotatable bonds is 4. The molecule has 2 rings (SSSR count). The summed E-state index contributed by atoms with van der Waals surface area (Å²) in [5.41, 5.74) is 7.30. The van der Waals surface area contributed by atoms with Gasteiger partial charge in [-0.15, -0.1) is 0 Å². The lowest BCUT2D eigenvalue weighted by Gasteiger charge is -2.38. The van der Waals surface area contributed by atoms with E-state index >= 15 is 0 Å². The van der Waals surface area contributed by atoms with Gasteiger partial charge in [-0.2, -0.15) is 0 Å². The van der Waals surface area contributed by atoms with Gasteiger partial charge < -0.3 is 10.5 Å². The molecule has 2 N–H and O–H groups in total. The van der Waals surface area contributed by atoms with Crippen LogP contribution in [0.4, 0.5) is 0 Å². The molecule has 3 nitrogen and oxygen atoms in total. The van der Waals surface area contributed by atoms with Gasteiger partial charge in [-0.05, 0) is 49.1 Å². The molecule has 0 aliphatic heterocycles. The fourth-order valence-corrected chi connectivity index (χ4v) is 3.43. The van der Waals surface area contributed by atoms with Gasteiger partial charge in [-0.1, -0.05) is 27.7 Å². The average molecular weight is 276 g/mol. The van der Waals surface area contributed by atoms with Crippen LogP contribution in [0.2, 0.25) is 0 Å². The first-order valence-corrected chi connectivity index (χ1v) is 7.78. The Balaban J connectivity index is 1.99. The van der Waals surface area contributed by atoms with Gasteiger partial charge in [0, 0.05) is 6.04 Å². The van der Waals surface area contributed by atoms with E-state index in [2.05, 4.69) is 32.7 Å². The summed E-state index contributed by atoms with van der Waals surface area (Å²) in [4.78, 5) is 4.42. The molecule has 1 aliphatic rings. The lowest BCUT2D eigenvalue weighted by atomic mass is 9.71. The standard InChI is InChI=1S/C17H28N2O/c1-5-15(18)16-7-6-13(11-19-16)20-14-8-12(2)9-17(3,4)10-14/h6-7,11-12,14-15H,5,8-10,18H2,1-4H3. The second kappa shape index (κ2) is 6.13. The predicted molar refractivity (Wildman–Crippen MR) is 82.7 cm³/mol. The van der Waals surface area contributed by atoms with Gasteiger partial charge in [-0.3, -0.25) is 4.98 Å². The zero-order chi connectivity index (χ0) is 14.8. The smallest absolute Gasteiger partial charge is 0.138 e. The van der Waals surface area contributed by atoms with Gasteiger partial charge in [0.25, 0.3) is 0 Å². The first-order valence-electron chi connectivity index (χ1n) is 7.78. The van der Waals surface area contributed by atoms with Crippen molar-refractivity contribution < 1.29 is 4.74 Å². The van der Waals surface area contributed by atoms with Crippen LogP contribution in [0.15, 0.2) is 18.3 Å². The van der Waals surface area contributed by atoms with E-state index in [1.54, 1.807) is 0 Å². The van der Waals surface area contributed by atoms with E-state index in [4.69, 9.17) is 10.5 Å². The summed E-state index contributed by atoms with van der Waals surface area (Å²) >= 11 is 0. The molecule has 1 saturated carbocycles. The lowest BCUT2D eigenvalue weighted by Crippen LogP contribution is -2.34. The maximum absolute atomic E-state index is 6.13. The van der Waals surface area contributed by atoms with Crippen molar-refractivity contribution in [1.29, 1.82) is 0 Å². The Labute approximate surface area is 122 Å². The van der Waals surface area contributed by atoms with Crippen LogP contribution in [0.25, 0.3) is 0 Å². The Morgan fingerprint density at radius 2 is 2.15 bits per heavy atom. The topological polar surface area (TPSA) is 48.1 Å². The van der Waals surface area contributed by atoms with Crippen molar-refractivity contribution in [2.24, 2.45) is 17.1 Å². The summed E-state index contributed by atoms with van der Waals surface area (Å²) < 4.78 is 6.13. The van der Waals surface area contributed by atoms with Crippen molar-refractivity contribution in [3.8, 4) is 5.75 Å². The summed E-state index contributed by atoms with van der Waals surface area (Å²) in [5.74, 6) is 1.59. The molecule has 112 valence electrons. The summed E-state index contributed by atoms with van der Waals surface area (Å²) in [7, 11) is 0. The normalized spacial score (nSPS) is 27.1. The van der Waals surface area contributed by atoms with Crippen LogP contribution in [0, 0.1) is 11.3 Å². The van der Waals surface area contributed by atoms with Crippen molar-refractivity contribution in [1.82, 2.24) is 4.98 Å². The monoisotopic (exact) mass is 276 g/mol. The van der Waals surface area contributed by atoms with Gasteiger partial charge in [0.15, 0.2) is 0 Å². The third-order valence-corrected chi connectivity index (χ3v) is 4.23. The quantitative estimate of drug-likeness (QED) is 0.901.